The van der Waals surface area contributed by atoms with Crippen molar-refractivity contribution in [3.63, 3.8) is 0 Å². The predicted octanol–water partition coefficient (Wildman–Crippen LogP) is 1.89. The third-order valence-corrected chi connectivity index (χ3v) is 1.15. The molecule has 49 valence electrons. The van der Waals surface area contributed by atoms with Crippen LogP contribution in [0.25, 0.3) is 0 Å². The van der Waals surface area contributed by atoms with Crippen LogP contribution in [0.3, 0.4) is 0 Å². The summed E-state index contributed by atoms with van der Waals surface area (Å²) in [6.07, 6.45) is 2.17. The van der Waals surface area contributed by atoms with Gasteiger partial charge in [0.2, 0.25) is 0 Å². The summed E-state index contributed by atoms with van der Waals surface area (Å²) in [5, 5.41) is 0. The molecule has 0 atom stereocenters. The third kappa shape index (κ3) is 6.79. The van der Waals surface area contributed by atoms with Crippen LogP contribution in [0.2, 0.25) is 0 Å². The molecule has 0 unspecified atom stereocenters. The molecule has 0 aliphatic heterocycles. The predicted molar refractivity (Wildman–Crippen MR) is 27.8 cm³/mol. The van der Waals surface area contributed by atoms with Crippen LogP contribution in [0.15, 0.2) is 0 Å². The molecule has 0 aliphatic rings. The average molecular weight is 176 g/mol. The second kappa shape index (κ2) is 7.79. The van der Waals surface area contributed by atoms with Gasteiger partial charge in [-0.3, -0.25) is 0 Å². The van der Waals surface area contributed by atoms with Crippen LogP contribution in [0.1, 0.15) is 19.8 Å². The van der Waals surface area contributed by atoms with Gasteiger partial charge in [0.25, 0.3) is 0 Å². The summed E-state index contributed by atoms with van der Waals surface area (Å²) >= 11 is -0.546. The summed E-state index contributed by atoms with van der Waals surface area (Å²) in [4.78, 5) is 4.63. The van der Waals surface area contributed by atoms with Crippen molar-refractivity contribution in [3.05, 3.63) is 0 Å². The maximum atomic E-state index is 5.23. The van der Waals surface area contributed by atoms with Crippen molar-refractivity contribution in [2.75, 3.05) is 6.61 Å². The standard InChI is InChI=1S/C4H10O2.ClH.V/c1-2-3-4-6-5;;/h5H,2-4H2,1H3;1H;/q;;+2/p-2. The fourth-order valence-corrected chi connectivity index (χ4v) is 0.603. The number of halogens is 1. The maximum absolute atomic E-state index is 5.23. The molecule has 0 rings (SSSR count). The Morgan fingerprint density at radius 3 is 2.88 bits per heavy atom. The molecule has 0 bridgehead atoms. The molecule has 0 aromatic carbocycles. The summed E-state index contributed by atoms with van der Waals surface area (Å²) < 4.78 is 4.49. The normalized spacial score (nSPS) is 9.25. The Labute approximate surface area is 61.0 Å². The van der Waals surface area contributed by atoms with Gasteiger partial charge in [-0.2, -0.15) is 0 Å². The van der Waals surface area contributed by atoms with Crippen LogP contribution in [0.5, 0.6) is 0 Å². The summed E-state index contributed by atoms with van der Waals surface area (Å²) in [6, 6.07) is 0. The Kier molecular flexibility index (Phi) is 8.57. The molecular formula is C4H9ClO2V. The van der Waals surface area contributed by atoms with Gasteiger partial charge in [0.15, 0.2) is 0 Å². The van der Waals surface area contributed by atoms with E-state index in [9.17, 15) is 0 Å². The van der Waals surface area contributed by atoms with E-state index in [1.165, 1.54) is 0 Å². The van der Waals surface area contributed by atoms with E-state index >= 15 is 0 Å². The molecule has 0 spiro atoms. The van der Waals surface area contributed by atoms with Crippen LogP contribution in [0.4, 0.5) is 0 Å². The van der Waals surface area contributed by atoms with E-state index in [2.05, 4.69) is 15.6 Å². The zero-order valence-corrected chi connectivity index (χ0v) is 6.92. The van der Waals surface area contributed by atoms with Gasteiger partial charge in [-0.25, -0.2) is 0 Å². The van der Waals surface area contributed by atoms with Crippen molar-refractivity contribution in [2.45, 2.75) is 19.8 Å². The van der Waals surface area contributed by atoms with E-state index < -0.39 is 15.7 Å². The van der Waals surface area contributed by atoms with Crippen molar-refractivity contribution < 1.29 is 24.4 Å². The van der Waals surface area contributed by atoms with Gasteiger partial charge in [-0.1, -0.05) is 0 Å². The molecule has 0 aromatic heterocycles. The van der Waals surface area contributed by atoms with Crippen molar-refractivity contribution in [1.29, 1.82) is 0 Å². The topological polar surface area (TPSA) is 18.5 Å². The van der Waals surface area contributed by atoms with E-state index in [4.69, 9.17) is 9.85 Å². The van der Waals surface area contributed by atoms with Gasteiger partial charge in [0.1, 0.15) is 0 Å². The van der Waals surface area contributed by atoms with Gasteiger partial charge in [-0.05, 0) is 0 Å². The van der Waals surface area contributed by atoms with Crippen molar-refractivity contribution >= 4 is 9.85 Å². The third-order valence-electron chi connectivity index (χ3n) is 0.662. The zero-order chi connectivity index (χ0) is 6.24. The minimum atomic E-state index is -0.546. The molecule has 0 heterocycles. The Morgan fingerprint density at radius 1 is 1.62 bits per heavy atom. The Bertz CT molecular complexity index is 39.0. The monoisotopic (exact) mass is 175 g/mol. The number of hydrogen-bond acceptors (Lipinski definition) is 2. The Balaban J connectivity index is 2.53. The van der Waals surface area contributed by atoms with Crippen LogP contribution in [0, 0.1) is 0 Å². The summed E-state index contributed by atoms with van der Waals surface area (Å²) in [7, 11) is 5.23. The summed E-state index contributed by atoms with van der Waals surface area (Å²) in [5.74, 6) is 0. The molecule has 0 radical (unpaired) electrons. The molecule has 8 heavy (non-hydrogen) atoms. The fourth-order valence-electron chi connectivity index (χ4n) is 0.260. The molecule has 0 saturated heterocycles. The Morgan fingerprint density at radius 2 is 2.38 bits per heavy atom. The number of unbranched alkanes of at least 4 members (excludes halogenated alkanes) is 1. The first-order valence-electron chi connectivity index (χ1n) is 2.51. The van der Waals surface area contributed by atoms with E-state index in [-0.39, 0.29) is 0 Å². The Hall–Kier alpha value is 0.794. The number of rotatable bonds is 5. The van der Waals surface area contributed by atoms with E-state index in [1.54, 1.807) is 0 Å². The van der Waals surface area contributed by atoms with Gasteiger partial charge in [-0.15, -0.1) is 0 Å². The molecule has 0 fully saturated rings. The van der Waals surface area contributed by atoms with E-state index in [0.29, 0.717) is 6.61 Å². The van der Waals surface area contributed by atoms with Gasteiger partial charge in [0, 0.05) is 0 Å². The SMILES string of the molecule is CCCCO[O][V][Cl]. The van der Waals surface area contributed by atoms with Crippen LogP contribution in [-0.4, -0.2) is 6.61 Å². The van der Waals surface area contributed by atoms with Crippen molar-refractivity contribution in [1.82, 2.24) is 0 Å². The molecule has 4 heteroatoms. The molecule has 0 N–H and O–H groups in total. The van der Waals surface area contributed by atoms with Gasteiger partial charge < -0.3 is 0 Å². The quantitative estimate of drug-likeness (QED) is 0.361. The molecule has 0 aliphatic carbocycles. The van der Waals surface area contributed by atoms with Crippen LogP contribution < -0.4 is 0 Å². The molecule has 0 amide bonds. The van der Waals surface area contributed by atoms with Gasteiger partial charge >= 0.3 is 60.6 Å². The second-order valence-electron chi connectivity index (χ2n) is 1.32. The van der Waals surface area contributed by atoms with E-state index in [0.717, 1.165) is 12.8 Å². The van der Waals surface area contributed by atoms with Crippen molar-refractivity contribution in [3.8, 4) is 0 Å². The molecular weight excluding hydrogens is 166 g/mol. The van der Waals surface area contributed by atoms with Crippen LogP contribution >= 0.6 is 9.85 Å². The summed E-state index contributed by atoms with van der Waals surface area (Å²) in [5.41, 5.74) is 0. The zero-order valence-electron chi connectivity index (χ0n) is 4.76. The summed E-state index contributed by atoms with van der Waals surface area (Å²) in [6.45, 7) is 2.76. The fraction of sp³-hybridized carbons (Fsp3) is 1.00. The van der Waals surface area contributed by atoms with Gasteiger partial charge in [0.05, 0.1) is 0 Å². The average Bonchev–Trinajstić information content (AvgIpc) is 1.81. The molecule has 0 saturated carbocycles. The van der Waals surface area contributed by atoms with E-state index in [1.807, 2.05) is 0 Å². The first-order chi connectivity index (χ1) is 3.91. The first-order valence-corrected chi connectivity index (χ1v) is 5.01. The molecule has 0 aromatic rings. The minimum absolute atomic E-state index is 0.546. The first kappa shape index (κ1) is 8.79. The second-order valence-corrected chi connectivity index (χ2v) is 2.34. The van der Waals surface area contributed by atoms with Crippen LogP contribution in [-0.2, 0) is 24.4 Å². The molecule has 2 nitrogen and oxygen atoms in total. The van der Waals surface area contributed by atoms with Crippen molar-refractivity contribution in [2.24, 2.45) is 0 Å². The number of hydrogen-bond donors (Lipinski definition) is 0.